The monoisotopic (exact) mass is 304 g/mol. The Hall–Kier alpha value is -0.570. The summed E-state index contributed by atoms with van der Waals surface area (Å²) in [4.78, 5) is 12.8. The van der Waals surface area contributed by atoms with Crippen LogP contribution >= 0.6 is 0 Å². The highest BCUT2D eigenvalue weighted by atomic mass is 16.6. The number of rotatable bonds is 4. The first-order chi connectivity index (χ1) is 10.6. The summed E-state index contributed by atoms with van der Waals surface area (Å²) in [6, 6.07) is 0. The van der Waals surface area contributed by atoms with Crippen LogP contribution in [0.4, 0.5) is 0 Å². The summed E-state index contributed by atoms with van der Waals surface area (Å²) in [5.41, 5.74) is -0.266. The zero-order valence-corrected chi connectivity index (χ0v) is 14.0. The molecule has 4 aliphatic carbocycles. The van der Waals surface area contributed by atoms with Crippen LogP contribution in [0.5, 0.6) is 0 Å². The van der Waals surface area contributed by atoms with Crippen molar-refractivity contribution in [3.05, 3.63) is 0 Å². The van der Waals surface area contributed by atoms with Crippen LogP contribution in [0.25, 0.3) is 0 Å². The van der Waals surface area contributed by atoms with E-state index >= 15 is 0 Å². The fourth-order valence-electron chi connectivity index (χ4n) is 6.83. The van der Waals surface area contributed by atoms with E-state index in [1.807, 2.05) is 0 Å². The second-order valence-corrected chi connectivity index (χ2v) is 8.86. The number of carbonyl (C=O) groups is 1. The predicted molar refractivity (Wildman–Crippen MR) is 82.0 cm³/mol. The van der Waals surface area contributed by atoms with Gasteiger partial charge in [0, 0.05) is 0 Å². The Labute approximate surface area is 133 Å². The first-order valence-electron chi connectivity index (χ1n) is 9.44. The first kappa shape index (κ1) is 13.8. The van der Waals surface area contributed by atoms with Gasteiger partial charge in [0.25, 0.3) is 0 Å². The molecule has 0 aromatic heterocycles. The van der Waals surface area contributed by atoms with E-state index in [1.165, 1.54) is 12.8 Å². The summed E-state index contributed by atoms with van der Waals surface area (Å²) in [7, 11) is 0. The average molecular weight is 304 g/mol. The molecule has 22 heavy (non-hydrogen) atoms. The van der Waals surface area contributed by atoms with Crippen LogP contribution in [0, 0.1) is 41.4 Å². The Balaban J connectivity index is 1.34. The predicted octanol–water partition coefficient (Wildman–Crippen LogP) is 3.41. The Bertz CT molecular complexity index is 511. The van der Waals surface area contributed by atoms with Gasteiger partial charge in [0.15, 0.2) is 0 Å². The van der Waals surface area contributed by atoms with Crippen LogP contribution < -0.4 is 0 Å². The summed E-state index contributed by atoms with van der Waals surface area (Å²) in [6.07, 6.45) is 6.76. The molecule has 4 saturated carbocycles. The van der Waals surface area contributed by atoms with Gasteiger partial charge in [-0.05, 0) is 74.5 Å². The molecule has 5 fully saturated rings. The van der Waals surface area contributed by atoms with Crippen molar-refractivity contribution in [3.8, 4) is 0 Å². The molecule has 0 aromatic rings. The van der Waals surface area contributed by atoms with Gasteiger partial charge in [-0.15, -0.1) is 0 Å². The molecule has 4 bridgehead atoms. The van der Waals surface area contributed by atoms with Crippen molar-refractivity contribution in [1.29, 1.82) is 0 Å². The third-order valence-electron chi connectivity index (χ3n) is 8.22. The third kappa shape index (κ3) is 1.59. The van der Waals surface area contributed by atoms with Gasteiger partial charge in [-0.2, -0.15) is 0 Å². The Morgan fingerprint density at radius 2 is 1.73 bits per heavy atom. The number of fused-ring (bicyclic) bond motifs is 12. The molecule has 0 N–H and O–H groups in total. The van der Waals surface area contributed by atoms with Crippen LogP contribution in [0.1, 0.15) is 52.9 Å². The van der Waals surface area contributed by atoms with Crippen LogP contribution in [-0.2, 0) is 14.3 Å². The summed E-state index contributed by atoms with van der Waals surface area (Å²) in [5, 5.41) is 0. The van der Waals surface area contributed by atoms with E-state index in [0.717, 1.165) is 48.9 Å². The lowest BCUT2D eigenvalue weighted by Crippen LogP contribution is -2.41. The van der Waals surface area contributed by atoms with Gasteiger partial charge < -0.3 is 9.47 Å². The van der Waals surface area contributed by atoms with Crippen molar-refractivity contribution < 1.29 is 14.3 Å². The van der Waals surface area contributed by atoms with Crippen molar-refractivity contribution in [1.82, 2.24) is 0 Å². The lowest BCUT2D eigenvalue weighted by atomic mass is 9.67. The molecule has 9 atom stereocenters. The maximum Gasteiger partial charge on any atom is 0.309 e. The van der Waals surface area contributed by atoms with Crippen molar-refractivity contribution in [2.75, 3.05) is 0 Å². The Kier molecular flexibility index (Phi) is 2.69. The normalized spacial score (nSPS) is 53.5. The van der Waals surface area contributed by atoms with Crippen LogP contribution in [-0.4, -0.2) is 23.8 Å². The molecule has 5 rings (SSSR count). The van der Waals surface area contributed by atoms with Crippen molar-refractivity contribution in [2.45, 2.75) is 70.7 Å². The molecule has 1 saturated heterocycles. The first-order valence-corrected chi connectivity index (χ1v) is 9.44. The quantitative estimate of drug-likeness (QED) is 0.454. The molecular weight excluding hydrogens is 276 g/mol. The molecule has 122 valence electrons. The van der Waals surface area contributed by atoms with Gasteiger partial charge in [-0.25, -0.2) is 0 Å². The number of carbonyl (C=O) groups excluding carboxylic acids is 1. The number of hydrogen-bond donors (Lipinski definition) is 0. The van der Waals surface area contributed by atoms with E-state index in [9.17, 15) is 4.79 Å². The maximum atomic E-state index is 12.8. The third-order valence-corrected chi connectivity index (χ3v) is 8.22. The van der Waals surface area contributed by atoms with Gasteiger partial charge in [-0.1, -0.05) is 13.8 Å². The average Bonchev–Trinajstić information content (AvgIpc) is 2.89. The number of epoxide rings is 1. The lowest BCUT2D eigenvalue weighted by molar-refractivity contribution is -0.167. The minimum atomic E-state index is -0.266. The highest BCUT2D eigenvalue weighted by molar-refractivity contribution is 5.74. The van der Waals surface area contributed by atoms with E-state index in [2.05, 4.69) is 20.8 Å². The molecule has 0 aromatic carbocycles. The Morgan fingerprint density at radius 3 is 2.41 bits per heavy atom. The zero-order valence-electron chi connectivity index (χ0n) is 14.0. The summed E-state index contributed by atoms with van der Waals surface area (Å²) in [6.45, 7) is 6.32. The molecule has 3 nitrogen and oxygen atoms in total. The highest BCUT2D eigenvalue weighted by Crippen LogP contribution is 2.73. The van der Waals surface area contributed by atoms with Crippen molar-refractivity contribution in [2.24, 2.45) is 41.4 Å². The maximum absolute atomic E-state index is 12.8. The molecule has 9 unspecified atom stereocenters. The molecule has 5 aliphatic rings. The summed E-state index contributed by atoms with van der Waals surface area (Å²) in [5.74, 6) is 4.93. The summed E-state index contributed by atoms with van der Waals surface area (Å²) >= 11 is 0. The topological polar surface area (TPSA) is 38.8 Å². The minimum Gasteiger partial charge on any atom is -0.459 e. The zero-order chi connectivity index (χ0) is 15.2. The van der Waals surface area contributed by atoms with Crippen molar-refractivity contribution in [3.63, 3.8) is 0 Å². The molecule has 1 heterocycles. The van der Waals surface area contributed by atoms with E-state index in [4.69, 9.17) is 9.47 Å². The highest BCUT2D eigenvalue weighted by Gasteiger charge is 2.74. The number of hydrogen-bond acceptors (Lipinski definition) is 3. The fourth-order valence-corrected chi connectivity index (χ4v) is 6.83. The fraction of sp³-hybridized carbons (Fsp3) is 0.947. The largest absolute Gasteiger partial charge is 0.459 e. The van der Waals surface area contributed by atoms with E-state index in [0.29, 0.717) is 18.1 Å². The van der Waals surface area contributed by atoms with Gasteiger partial charge in [-0.3, -0.25) is 4.79 Å². The van der Waals surface area contributed by atoms with E-state index in [-0.39, 0.29) is 17.5 Å². The minimum absolute atomic E-state index is 0.105. The number of esters is 1. The van der Waals surface area contributed by atoms with Gasteiger partial charge in [0.05, 0.1) is 18.1 Å². The lowest BCUT2D eigenvalue weighted by Gasteiger charge is -2.37. The second kappa shape index (κ2) is 4.28. The van der Waals surface area contributed by atoms with Crippen LogP contribution in [0.3, 0.4) is 0 Å². The standard InChI is InChI=1S/C19H28O3/c1-4-19(3,5-2)22-18(20)11-7-9-6-10(11)15-13-8-12(14(9)15)16-17(13)21-16/h9-17H,4-8H2,1-3H3. The molecule has 0 spiro atoms. The van der Waals surface area contributed by atoms with Gasteiger partial charge in [0.2, 0.25) is 0 Å². The SMILES string of the molecule is CCC(C)(CC)OC(=O)C1CC2CC1C1C3CC(C4OC34)C21. The molecule has 0 radical (unpaired) electrons. The molecule has 0 amide bonds. The molecular formula is C19H28O3. The van der Waals surface area contributed by atoms with Crippen LogP contribution in [0.2, 0.25) is 0 Å². The smallest absolute Gasteiger partial charge is 0.309 e. The molecule has 3 heteroatoms. The summed E-state index contributed by atoms with van der Waals surface area (Å²) < 4.78 is 11.9. The van der Waals surface area contributed by atoms with Gasteiger partial charge >= 0.3 is 5.97 Å². The van der Waals surface area contributed by atoms with E-state index in [1.54, 1.807) is 0 Å². The van der Waals surface area contributed by atoms with Crippen molar-refractivity contribution >= 4 is 5.97 Å². The number of ether oxygens (including phenoxy) is 2. The Morgan fingerprint density at radius 1 is 1.05 bits per heavy atom. The second-order valence-electron chi connectivity index (χ2n) is 8.86. The van der Waals surface area contributed by atoms with E-state index < -0.39 is 0 Å². The van der Waals surface area contributed by atoms with Gasteiger partial charge in [0.1, 0.15) is 5.60 Å². The van der Waals surface area contributed by atoms with Crippen LogP contribution in [0.15, 0.2) is 0 Å². The molecule has 1 aliphatic heterocycles.